The lowest BCUT2D eigenvalue weighted by molar-refractivity contribution is 0.0946. The van der Waals surface area contributed by atoms with Crippen molar-refractivity contribution in [2.75, 3.05) is 5.32 Å². The fraction of sp³-hybridized carbons (Fsp3) is 0.130. The lowest BCUT2D eigenvalue weighted by Gasteiger charge is -2.16. The molecule has 0 saturated carbocycles. The van der Waals surface area contributed by atoms with Crippen LogP contribution in [0.25, 0.3) is 0 Å². The second-order valence-electron chi connectivity index (χ2n) is 7.18. The largest absolute Gasteiger partial charge is 0.366 e. The normalized spacial score (nSPS) is 12.2. The van der Waals surface area contributed by atoms with Crippen molar-refractivity contribution in [1.29, 1.82) is 0 Å². The molecule has 1 aromatic heterocycles. The minimum atomic E-state index is -0.540. The molecule has 1 aliphatic rings. The minimum Gasteiger partial charge on any atom is -0.366 e. The summed E-state index contributed by atoms with van der Waals surface area (Å²) in [6, 6.07) is 17.1. The fourth-order valence-corrected chi connectivity index (χ4v) is 3.44. The highest BCUT2D eigenvalue weighted by Gasteiger charge is 2.24. The number of hydrogen-bond donors (Lipinski definition) is 3. The summed E-state index contributed by atoms with van der Waals surface area (Å²) in [6.45, 7) is 1.16. The number of carbonyl (C=O) groups is 3. The molecule has 0 bridgehead atoms. The Kier molecular flexibility index (Phi) is 5.61. The second-order valence-corrected chi connectivity index (χ2v) is 7.18. The van der Waals surface area contributed by atoms with Gasteiger partial charge in [-0.05, 0) is 47.5 Å². The van der Waals surface area contributed by atoms with Crippen LogP contribution in [0, 0.1) is 0 Å². The van der Waals surface area contributed by atoms with Crippen LogP contribution in [0.2, 0.25) is 0 Å². The molecule has 4 N–H and O–H groups in total. The maximum absolute atomic E-state index is 12.5. The Balaban J connectivity index is 1.33. The minimum absolute atomic E-state index is 0.181. The molecule has 4 rings (SSSR count). The van der Waals surface area contributed by atoms with E-state index >= 15 is 0 Å². The van der Waals surface area contributed by atoms with Crippen LogP contribution in [0.15, 0.2) is 66.9 Å². The molecule has 3 aromatic rings. The number of amides is 4. The number of fused-ring (bicyclic) bond motifs is 1. The average molecular weight is 415 g/mol. The predicted molar refractivity (Wildman–Crippen MR) is 115 cm³/mol. The van der Waals surface area contributed by atoms with Crippen LogP contribution >= 0.6 is 0 Å². The van der Waals surface area contributed by atoms with E-state index in [4.69, 9.17) is 5.73 Å². The molecular formula is C23H21N5O3. The van der Waals surface area contributed by atoms with Gasteiger partial charge in [0, 0.05) is 36.1 Å². The zero-order valence-corrected chi connectivity index (χ0v) is 16.7. The molecule has 31 heavy (non-hydrogen) atoms. The Bertz CT molecular complexity index is 1120. The van der Waals surface area contributed by atoms with Crippen molar-refractivity contribution in [2.24, 2.45) is 5.73 Å². The summed E-state index contributed by atoms with van der Waals surface area (Å²) in [4.78, 5) is 42.4. The Morgan fingerprint density at radius 2 is 1.74 bits per heavy atom. The van der Waals surface area contributed by atoms with E-state index in [1.807, 2.05) is 12.1 Å². The average Bonchev–Trinajstić information content (AvgIpc) is 3.22. The topological polar surface area (TPSA) is 117 Å². The van der Waals surface area contributed by atoms with E-state index in [1.165, 1.54) is 0 Å². The predicted octanol–water partition coefficient (Wildman–Crippen LogP) is 2.66. The van der Waals surface area contributed by atoms with Gasteiger partial charge in [0.1, 0.15) is 0 Å². The molecule has 1 aliphatic heterocycles. The molecule has 0 fully saturated rings. The van der Waals surface area contributed by atoms with Gasteiger partial charge in [0.05, 0.1) is 12.2 Å². The number of nitrogens with two attached hydrogens (primary N) is 1. The number of pyridine rings is 1. The Hall–Kier alpha value is -4.20. The Morgan fingerprint density at radius 1 is 0.968 bits per heavy atom. The van der Waals surface area contributed by atoms with Gasteiger partial charge in [0.25, 0.3) is 5.91 Å². The van der Waals surface area contributed by atoms with Crippen molar-refractivity contribution >= 4 is 23.5 Å². The number of nitrogens with one attached hydrogen (secondary N) is 2. The van der Waals surface area contributed by atoms with Gasteiger partial charge < -0.3 is 21.3 Å². The zero-order valence-electron chi connectivity index (χ0n) is 16.7. The number of aromatic nitrogens is 1. The van der Waals surface area contributed by atoms with Crippen molar-refractivity contribution in [1.82, 2.24) is 15.2 Å². The second kappa shape index (κ2) is 8.66. The van der Waals surface area contributed by atoms with E-state index in [9.17, 15) is 14.4 Å². The van der Waals surface area contributed by atoms with Gasteiger partial charge in [-0.15, -0.1) is 0 Å². The standard InChI is InChI=1S/C23H21N5O3/c24-21(29)19-6-2-1-4-16(19)12-26-22(30)15-7-9-18(10-8-15)27-23(31)28-13-17-5-3-11-25-20(17)14-28/h1-11H,12-14H2,(H2,24,29)(H,26,30)(H,27,31). The van der Waals surface area contributed by atoms with Crippen molar-refractivity contribution < 1.29 is 14.4 Å². The molecular weight excluding hydrogens is 394 g/mol. The summed E-state index contributed by atoms with van der Waals surface area (Å²) in [6.07, 6.45) is 1.72. The number of urea groups is 1. The quantitative estimate of drug-likeness (QED) is 0.594. The fourth-order valence-electron chi connectivity index (χ4n) is 3.44. The van der Waals surface area contributed by atoms with Crippen LogP contribution < -0.4 is 16.4 Å². The highest BCUT2D eigenvalue weighted by atomic mass is 16.2. The highest BCUT2D eigenvalue weighted by Crippen LogP contribution is 2.21. The summed E-state index contributed by atoms with van der Waals surface area (Å²) in [7, 11) is 0. The van der Waals surface area contributed by atoms with E-state index in [0.29, 0.717) is 35.5 Å². The number of nitrogens with zero attached hydrogens (tertiary/aromatic N) is 2. The molecule has 2 heterocycles. The SMILES string of the molecule is NC(=O)c1ccccc1CNC(=O)c1ccc(NC(=O)N2Cc3cccnc3C2)cc1. The molecule has 2 aromatic carbocycles. The van der Waals surface area contributed by atoms with Crippen LogP contribution in [-0.4, -0.2) is 27.7 Å². The Labute approximate surface area is 179 Å². The van der Waals surface area contributed by atoms with Gasteiger partial charge in [-0.3, -0.25) is 14.6 Å². The maximum atomic E-state index is 12.5. The van der Waals surface area contributed by atoms with Crippen LogP contribution in [-0.2, 0) is 19.6 Å². The maximum Gasteiger partial charge on any atom is 0.322 e. The van der Waals surface area contributed by atoms with Gasteiger partial charge in [-0.1, -0.05) is 24.3 Å². The Morgan fingerprint density at radius 3 is 2.48 bits per heavy atom. The van der Waals surface area contributed by atoms with Crippen molar-refractivity contribution in [3.05, 3.63) is 94.8 Å². The van der Waals surface area contributed by atoms with E-state index < -0.39 is 5.91 Å². The van der Waals surface area contributed by atoms with Crippen LogP contribution in [0.1, 0.15) is 37.5 Å². The first-order valence-corrected chi connectivity index (χ1v) is 9.76. The van der Waals surface area contributed by atoms with Crippen molar-refractivity contribution in [3.8, 4) is 0 Å². The summed E-state index contributed by atoms with van der Waals surface area (Å²) < 4.78 is 0. The monoisotopic (exact) mass is 415 g/mol. The molecule has 4 amide bonds. The third-order valence-corrected chi connectivity index (χ3v) is 5.09. The number of anilines is 1. The van der Waals surface area contributed by atoms with E-state index in [-0.39, 0.29) is 18.5 Å². The van der Waals surface area contributed by atoms with Gasteiger partial charge in [-0.2, -0.15) is 0 Å². The third-order valence-electron chi connectivity index (χ3n) is 5.09. The van der Waals surface area contributed by atoms with E-state index in [2.05, 4.69) is 15.6 Å². The first-order chi connectivity index (χ1) is 15.0. The number of primary amides is 1. The van der Waals surface area contributed by atoms with Gasteiger partial charge >= 0.3 is 6.03 Å². The highest BCUT2D eigenvalue weighted by molar-refractivity contribution is 5.96. The molecule has 0 radical (unpaired) electrons. The van der Waals surface area contributed by atoms with Crippen LogP contribution in [0.3, 0.4) is 0 Å². The molecule has 0 saturated heterocycles. The van der Waals surface area contributed by atoms with Gasteiger partial charge in [0.2, 0.25) is 5.91 Å². The molecule has 8 heteroatoms. The van der Waals surface area contributed by atoms with Crippen molar-refractivity contribution in [2.45, 2.75) is 19.6 Å². The summed E-state index contributed by atoms with van der Waals surface area (Å²) >= 11 is 0. The molecule has 0 unspecified atom stereocenters. The lowest BCUT2D eigenvalue weighted by atomic mass is 10.1. The number of carbonyl (C=O) groups excluding carboxylic acids is 3. The molecule has 0 aliphatic carbocycles. The molecule has 8 nitrogen and oxygen atoms in total. The van der Waals surface area contributed by atoms with Gasteiger partial charge in [0.15, 0.2) is 0 Å². The third kappa shape index (κ3) is 4.53. The summed E-state index contributed by atoms with van der Waals surface area (Å²) in [5, 5.41) is 5.62. The zero-order chi connectivity index (χ0) is 21.8. The molecule has 0 atom stereocenters. The summed E-state index contributed by atoms with van der Waals surface area (Å²) in [5.74, 6) is -0.833. The number of hydrogen-bond acceptors (Lipinski definition) is 4. The summed E-state index contributed by atoms with van der Waals surface area (Å²) in [5.41, 5.74) is 9.36. The number of benzene rings is 2. The molecule has 0 spiro atoms. The van der Waals surface area contributed by atoms with E-state index in [0.717, 1.165) is 11.3 Å². The lowest BCUT2D eigenvalue weighted by Crippen LogP contribution is -2.30. The first kappa shape index (κ1) is 20.1. The van der Waals surface area contributed by atoms with Crippen molar-refractivity contribution in [3.63, 3.8) is 0 Å². The first-order valence-electron chi connectivity index (χ1n) is 9.76. The van der Waals surface area contributed by atoms with Crippen LogP contribution in [0.4, 0.5) is 10.5 Å². The van der Waals surface area contributed by atoms with Crippen LogP contribution in [0.5, 0.6) is 0 Å². The van der Waals surface area contributed by atoms with E-state index in [1.54, 1.807) is 59.6 Å². The molecule has 156 valence electrons. The van der Waals surface area contributed by atoms with Gasteiger partial charge in [-0.25, -0.2) is 4.79 Å². The number of rotatable bonds is 5. The smallest absolute Gasteiger partial charge is 0.322 e.